The maximum absolute atomic E-state index is 13.7. The average Bonchev–Trinajstić information content (AvgIpc) is 3.52. The van der Waals surface area contributed by atoms with Crippen molar-refractivity contribution in [1.82, 2.24) is 15.9 Å². The third kappa shape index (κ3) is 7.19. The number of piperazine rings is 1. The number of carbonyl (C=O) groups excluding carboxylic acids is 4. The molecule has 44 heavy (non-hydrogen) atoms. The SMILES string of the molecule is CC(C)(C)OC(=O)c1ccc(NC(=O)C(Cc2ccccc2)N2CC(=O)N(c3cc(Cl)ccc3N3C=CNN3)CC2=O)cc1. The normalized spacial score (nSPS) is 15.7. The van der Waals surface area contributed by atoms with E-state index in [-0.39, 0.29) is 25.4 Å². The molecule has 1 fully saturated rings. The molecule has 0 saturated carbocycles. The number of hydrazine groups is 2. The van der Waals surface area contributed by atoms with Crippen LogP contribution in [0.1, 0.15) is 36.7 Å². The van der Waals surface area contributed by atoms with Gasteiger partial charge in [-0.25, -0.2) is 4.79 Å². The molecule has 0 radical (unpaired) electrons. The summed E-state index contributed by atoms with van der Waals surface area (Å²) < 4.78 is 5.41. The molecule has 3 aromatic carbocycles. The van der Waals surface area contributed by atoms with Crippen molar-refractivity contribution in [2.45, 2.75) is 38.8 Å². The summed E-state index contributed by atoms with van der Waals surface area (Å²) in [5.41, 5.74) is 7.79. The zero-order valence-electron chi connectivity index (χ0n) is 24.5. The van der Waals surface area contributed by atoms with Gasteiger partial charge in [0, 0.05) is 29.5 Å². The van der Waals surface area contributed by atoms with Crippen LogP contribution in [-0.4, -0.2) is 53.3 Å². The number of rotatable bonds is 8. The highest BCUT2D eigenvalue weighted by Crippen LogP contribution is 2.34. The minimum atomic E-state index is -0.979. The van der Waals surface area contributed by atoms with Gasteiger partial charge in [0.2, 0.25) is 17.7 Å². The summed E-state index contributed by atoms with van der Waals surface area (Å²) in [4.78, 5) is 56.1. The molecule has 0 bridgehead atoms. The predicted molar refractivity (Wildman–Crippen MR) is 168 cm³/mol. The van der Waals surface area contributed by atoms with Gasteiger partial charge in [0.05, 0.1) is 16.9 Å². The molecule has 0 aromatic heterocycles. The first kappa shape index (κ1) is 30.6. The second kappa shape index (κ2) is 12.8. The molecule has 228 valence electrons. The molecule has 0 aliphatic carbocycles. The lowest BCUT2D eigenvalue weighted by Gasteiger charge is -2.39. The molecule has 3 N–H and O–H groups in total. The molecule has 1 unspecified atom stereocenters. The van der Waals surface area contributed by atoms with Gasteiger partial charge in [-0.2, -0.15) is 0 Å². The van der Waals surface area contributed by atoms with Crippen LogP contribution in [0.4, 0.5) is 17.1 Å². The number of ether oxygens (including phenoxy) is 1. The Labute approximate surface area is 260 Å². The molecule has 3 aromatic rings. The zero-order chi connectivity index (χ0) is 31.4. The van der Waals surface area contributed by atoms with Gasteiger partial charge in [-0.1, -0.05) is 41.9 Å². The highest BCUT2D eigenvalue weighted by Gasteiger charge is 2.39. The van der Waals surface area contributed by atoms with Crippen molar-refractivity contribution in [1.29, 1.82) is 0 Å². The third-order valence-electron chi connectivity index (χ3n) is 6.94. The van der Waals surface area contributed by atoms with E-state index in [9.17, 15) is 19.2 Å². The highest BCUT2D eigenvalue weighted by atomic mass is 35.5. The summed E-state index contributed by atoms with van der Waals surface area (Å²) in [5.74, 6) is -1.70. The fraction of sp³-hybridized carbons (Fsp3) is 0.250. The molecule has 1 atom stereocenters. The lowest BCUT2D eigenvalue weighted by molar-refractivity contribution is -0.143. The van der Waals surface area contributed by atoms with E-state index in [0.29, 0.717) is 27.6 Å². The first-order valence-corrected chi connectivity index (χ1v) is 14.4. The summed E-state index contributed by atoms with van der Waals surface area (Å²) in [6.07, 6.45) is 3.61. The Bertz CT molecular complexity index is 1590. The van der Waals surface area contributed by atoms with E-state index in [1.54, 1.807) is 80.6 Å². The minimum absolute atomic E-state index is 0.193. The van der Waals surface area contributed by atoms with Crippen molar-refractivity contribution in [3.05, 3.63) is 101 Å². The van der Waals surface area contributed by atoms with Gasteiger partial charge >= 0.3 is 5.97 Å². The Balaban J connectivity index is 1.37. The van der Waals surface area contributed by atoms with Crippen LogP contribution in [0.5, 0.6) is 0 Å². The topological polar surface area (TPSA) is 123 Å². The average molecular weight is 617 g/mol. The second-order valence-electron chi connectivity index (χ2n) is 11.4. The van der Waals surface area contributed by atoms with Crippen molar-refractivity contribution in [3.8, 4) is 0 Å². The zero-order valence-corrected chi connectivity index (χ0v) is 25.3. The standard InChI is InChI=1S/C32H33ClN6O5/c1-32(2,3)44-31(43)22-9-12-24(13-10-22)35-30(42)27(17-21-7-5-4-6-8-21)38-20-28(40)37(19-29(38)41)26-18-23(33)11-14-25(26)39-16-15-34-36-39/h4-16,18,27,34,36H,17,19-20H2,1-3H3,(H,35,42). The third-order valence-corrected chi connectivity index (χ3v) is 7.17. The van der Waals surface area contributed by atoms with Crippen LogP contribution >= 0.6 is 11.6 Å². The van der Waals surface area contributed by atoms with Gasteiger partial charge in [-0.3, -0.25) is 24.3 Å². The second-order valence-corrected chi connectivity index (χ2v) is 11.8. The van der Waals surface area contributed by atoms with Crippen molar-refractivity contribution in [2.75, 3.05) is 28.3 Å². The van der Waals surface area contributed by atoms with E-state index in [1.165, 1.54) is 9.80 Å². The number of esters is 1. The van der Waals surface area contributed by atoms with Gasteiger partial charge in [0.1, 0.15) is 24.7 Å². The largest absolute Gasteiger partial charge is 0.456 e. The molecule has 2 aliphatic rings. The fourth-order valence-electron chi connectivity index (χ4n) is 4.88. The number of nitrogens with one attached hydrogen (secondary N) is 3. The number of hydrogen-bond donors (Lipinski definition) is 3. The Morgan fingerprint density at radius 1 is 0.955 bits per heavy atom. The van der Waals surface area contributed by atoms with Crippen LogP contribution in [0.15, 0.2) is 85.2 Å². The van der Waals surface area contributed by atoms with E-state index >= 15 is 0 Å². The number of amides is 3. The molecule has 1 saturated heterocycles. The molecule has 3 amide bonds. The van der Waals surface area contributed by atoms with Crippen LogP contribution in [-0.2, 0) is 25.5 Å². The number of benzene rings is 3. The Kier molecular flexibility index (Phi) is 8.88. The van der Waals surface area contributed by atoms with Crippen LogP contribution in [0.3, 0.4) is 0 Å². The first-order valence-electron chi connectivity index (χ1n) is 14.0. The summed E-state index contributed by atoms with van der Waals surface area (Å²) in [5, 5.41) is 4.92. The van der Waals surface area contributed by atoms with Crippen molar-refractivity contribution in [2.24, 2.45) is 0 Å². The number of halogens is 1. The maximum Gasteiger partial charge on any atom is 0.338 e. The lowest BCUT2D eigenvalue weighted by Crippen LogP contribution is -2.60. The van der Waals surface area contributed by atoms with Crippen LogP contribution in [0, 0.1) is 0 Å². The summed E-state index contributed by atoms with van der Waals surface area (Å²) in [6, 6.07) is 19.7. The van der Waals surface area contributed by atoms with E-state index in [2.05, 4.69) is 16.3 Å². The lowest BCUT2D eigenvalue weighted by atomic mass is 10.0. The van der Waals surface area contributed by atoms with E-state index < -0.39 is 29.4 Å². The maximum atomic E-state index is 13.7. The van der Waals surface area contributed by atoms with Crippen molar-refractivity contribution in [3.63, 3.8) is 0 Å². The van der Waals surface area contributed by atoms with Gasteiger partial charge in [0.15, 0.2) is 0 Å². The quantitative estimate of drug-likeness (QED) is 0.324. The number of hydrogen-bond acceptors (Lipinski definition) is 8. The molecule has 2 heterocycles. The van der Waals surface area contributed by atoms with E-state index in [0.717, 1.165) is 5.56 Å². The first-order chi connectivity index (χ1) is 21.0. The molecule has 12 heteroatoms. The summed E-state index contributed by atoms with van der Waals surface area (Å²) >= 11 is 6.29. The van der Waals surface area contributed by atoms with Gasteiger partial charge in [0.25, 0.3) is 0 Å². The summed E-state index contributed by atoms with van der Waals surface area (Å²) in [7, 11) is 0. The summed E-state index contributed by atoms with van der Waals surface area (Å²) in [6.45, 7) is 4.76. The number of anilines is 3. The monoisotopic (exact) mass is 616 g/mol. The smallest absolute Gasteiger partial charge is 0.338 e. The van der Waals surface area contributed by atoms with E-state index in [4.69, 9.17) is 16.3 Å². The Hall–Kier alpha value is -4.87. The highest BCUT2D eigenvalue weighted by molar-refractivity contribution is 6.31. The molecule has 11 nitrogen and oxygen atoms in total. The molecule has 2 aliphatic heterocycles. The van der Waals surface area contributed by atoms with Gasteiger partial charge in [-0.15, -0.1) is 5.53 Å². The molecule has 5 rings (SSSR count). The predicted octanol–water partition coefficient (Wildman–Crippen LogP) is 4.02. The van der Waals surface area contributed by atoms with Crippen LogP contribution in [0.2, 0.25) is 5.02 Å². The van der Waals surface area contributed by atoms with Gasteiger partial charge in [-0.05, 0) is 68.8 Å². The van der Waals surface area contributed by atoms with Crippen molar-refractivity contribution >= 4 is 52.4 Å². The molecular formula is C32H33ClN6O5. The molecular weight excluding hydrogens is 584 g/mol. The van der Waals surface area contributed by atoms with Crippen molar-refractivity contribution < 1.29 is 23.9 Å². The molecule has 0 spiro atoms. The Morgan fingerprint density at radius 3 is 2.34 bits per heavy atom. The van der Waals surface area contributed by atoms with Crippen LogP contribution in [0.25, 0.3) is 0 Å². The fourth-order valence-corrected chi connectivity index (χ4v) is 5.05. The van der Waals surface area contributed by atoms with E-state index in [1.807, 2.05) is 30.3 Å². The minimum Gasteiger partial charge on any atom is -0.456 e. The number of carbonyl (C=O) groups is 4. The van der Waals surface area contributed by atoms with Crippen LogP contribution < -0.4 is 26.2 Å². The van der Waals surface area contributed by atoms with Gasteiger partial charge < -0.3 is 20.4 Å². The number of nitrogens with zero attached hydrogens (tertiary/aromatic N) is 3. The Morgan fingerprint density at radius 2 is 1.68 bits per heavy atom.